The molecule has 0 aromatic heterocycles. The van der Waals surface area contributed by atoms with Crippen LogP contribution in [0.3, 0.4) is 0 Å². The maximum absolute atomic E-state index is 6.16. The second-order valence-corrected chi connectivity index (χ2v) is 6.83. The van der Waals surface area contributed by atoms with Crippen molar-refractivity contribution in [3.8, 4) is 0 Å². The van der Waals surface area contributed by atoms with Gasteiger partial charge in [0.25, 0.3) is 0 Å². The van der Waals surface area contributed by atoms with Gasteiger partial charge in [0.15, 0.2) is 5.06 Å². The Labute approximate surface area is 123 Å². The van der Waals surface area contributed by atoms with E-state index < -0.39 is 0 Å². The van der Waals surface area contributed by atoms with Crippen molar-refractivity contribution < 1.29 is 4.74 Å². The van der Waals surface area contributed by atoms with E-state index in [1.54, 1.807) is 0 Å². The third-order valence-corrected chi connectivity index (χ3v) is 5.54. The van der Waals surface area contributed by atoms with Gasteiger partial charge in [0.1, 0.15) is 0 Å². The molecule has 0 bridgehead atoms. The maximum Gasteiger partial charge on any atom is 0.188 e. The van der Waals surface area contributed by atoms with E-state index in [2.05, 4.69) is 59.9 Å². The van der Waals surface area contributed by atoms with Crippen molar-refractivity contribution in [2.45, 2.75) is 23.1 Å². The normalized spacial score (nSPS) is 28.1. The van der Waals surface area contributed by atoms with E-state index in [4.69, 9.17) is 4.74 Å². The van der Waals surface area contributed by atoms with Crippen LogP contribution in [0.4, 0.5) is 5.69 Å². The van der Waals surface area contributed by atoms with Crippen LogP contribution in [0.15, 0.2) is 54.6 Å². The fraction of sp³-hybridized carbons (Fsp3) is 0.294. The molecule has 1 spiro atoms. The summed E-state index contributed by atoms with van der Waals surface area (Å²) >= 11 is 1.92. The minimum atomic E-state index is -0.241. The third kappa shape index (κ3) is 2.11. The molecule has 1 unspecified atom stereocenters. The molecule has 0 radical (unpaired) electrons. The Morgan fingerprint density at radius 3 is 2.75 bits per heavy atom. The molecule has 0 amide bonds. The van der Waals surface area contributed by atoms with Gasteiger partial charge in [-0.3, -0.25) is 0 Å². The summed E-state index contributed by atoms with van der Waals surface area (Å²) in [6, 6.07) is 19.2. The fourth-order valence-electron chi connectivity index (χ4n) is 2.96. The summed E-state index contributed by atoms with van der Waals surface area (Å²) in [5.41, 5.74) is 3.97. The van der Waals surface area contributed by atoms with Crippen molar-refractivity contribution in [2.75, 3.05) is 11.9 Å². The number of para-hydroxylation sites is 1. The first kappa shape index (κ1) is 12.3. The first-order valence-electron chi connectivity index (χ1n) is 7.07. The molecule has 0 saturated carbocycles. The summed E-state index contributed by atoms with van der Waals surface area (Å²) in [5, 5.41) is 3.80. The number of rotatable bonds is 1. The van der Waals surface area contributed by atoms with Crippen LogP contribution >= 0.6 is 11.8 Å². The number of hydrogen-bond donors (Lipinski definition) is 1. The van der Waals surface area contributed by atoms with Crippen LogP contribution in [0.25, 0.3) is 0 Å². The van der Waals surface area contributed by atoms with Gasteiger partial charge >= 0.3 is 0 Å². The predicted molar refractivity (Wildman–Crippen MR) is 83.8 cm³/mol. The lowest BCUT2D eigenvalue weighted by Gasteiger charge is -2.35. The van der Waals surface area contributed by atoms with Gasteiger partial charge in [-0.25, -0.2) is 0 Å². The molecule has 1 N–H and O–H groups in total. The molecular formula is C17H17NOS. The molecule has 1 saturated heterocycles. The molecule has 102 valence electrons. The number of benzene rings is 2. The smallest absolute Gasteiger partial charge is 0.188 e. The van der Waals surface area contributed by atoms with Gasteiger partial charge < -0.3 is 10.1 Å². The van der Waals surface area contributed by atoms with Gasteiger partial charge in [-0.1, -0.05) is 60.3 Å². The summed E-state index contributed by atoms with van der Waals surface area (Å²) in [5.74, 6) is 0. The first-order chi connectivity index (χ1) is 9.85. The van der Waals surface area contributed by atoms with Gasteiger partial charge in [-0.15, -0.1) is 0 Å². The number of nitrogens with one attached hydrogen (secondary N) is 1. The van der Waals surface area contributed by atoms with E-state index in [-0.39, 0.29) is 5.06 Å². The summed E-state index contributed by atoms with van der Waals surface area (Å²) in [6.45, 7) is 0.782. The highest BCUT2D eigenvalue weighted by Gasteiger charge is 2.43. The van der Waals surface area contributed by atoms with Crippen molar-refractivity contribution in [1.82, 2.24) is 0 Å². The van der Waals surface area contributed by atoms with Crippen LogP contribution in [0, 0.1) is 0 Å². The van der Waals surface area contributed by atoms with E-state index in [1.165, 1.54) is 16.8 Å². The van der Waals surface area contributed by atoms with E-state index in [0.717, 1.165) is 19.4 Å². The van der Waals surface area contributed by atoms with Crippen molar-refractivity contribution in [1.29, 1.82) is 0 Å². The van der Waals surface area contributed by atoms with E-state index in [9.17, 15) is 0 Å². The number of aryl methyl sites for hydroxylation is 1. The van der Waals surface area contributed by atoms with Gasteiger partial charge in [0, 0.05) is 12.1 Å². The Balaban J connectivity index is 1.57. The maximum atomic E-state index is 6.16. The largest absolute Gasteiger partial charge is 0.349 e. The zero-order valence-electron chi connectivity index (χ0n) is 11.2. The summed E-state index contributed by atoms with van der Waals surface area (Å²) < 4.78 is 6.16. The first-order valence-corrected chi connectivity index (χ1v) is 7.95. The molecule has 2 heterocycles. The zero-order valence-corrected chi connectivity index (χ0v) is 12.0. The molecule has 20 heavy (non-hydrogen) atoms. The number of thioether (sulfide) groups is 1. The average molecular weight is 283 g/mol. The molecule has 2 aliphatic heterocycles. The second-order valence-electron chi connectivity index (χ2n) is 5.36. The second kappa shape index (κ2) is 4.83. The molecule has 2 atom stereocenters. The molecule has 2 nitrogen and oxygen atoms in total. The van der Waals surface area contributed by atoms with Gasteiger partial charge in [-0.2, -0.15) is 0 Å². The fourth-order valence-corrected chi connectivity index (χ4v) is 4.38. The Kier molecular flexibility index (Phi) is 2.97. The highest BCUT2D eigenvalue weighted by Crippen LogP contribution is 2.51. The van der Waals surface area contributed by atoms with Crippen LogP contribution in [0.1, 0.15) is 22.8 Å². The zero-order chi connectivity index (χ0) is 13.4. The molecule has 1 fully saturated rings. The highest BCUT2D eigenvalue weighted by molar-refractivity contribution is 8.01. The van der Waals surface area contributed by atoms with Gasteiger partial charge in [0.05, 0.1) is 11.9 Å². The van der Waals surface area contributed by atoms with Crippen LogP contribution in [0.5, 0.6) is 0 Å². The monoisotopic (exact) mass is 283 g/mol. The van der Waals surface area contributed by atoms with Crippen LogP contribution in [-0.4, -0.2) is 11.7 Å². The minimum absolute atomic E-state index is 0.241. The number of anilines is 1. The van der Waals surface area contributed by atoms with Gasteiger partial charge in [-0.05, 0) is 23.6 Å². The van der Waals surface area contributed by atoms with Crippen molar-refractivity contribution in [3.05, 3.63) is 65.7 Å². The molecule has 2 aliphatic rings. The number of hydrogen-bond acceptors (Lipinski definition) is 3. The van der Waals surface area contributed by atoms with Crippen LogP contribution < -0.4 is 5.32 Å². The topological polar surface area (TPSA) is 21.3 Å². The summed E-state index contributed by atoms with van der Waals surface area (Å²) in [6.07, 6.45) is 2.11. The SMILES string of the molecule is c1ccc([C@@H]2COC3(CCc4ccccc4N3)S2)cc1. The van der Waals surface area contributed by atoms with Gasteiger partial charge in [0.2, 0.25) is 0 Å². The lowest BCUT2D eigenvalue weighted by Crippen LogP contribution is -2.38. The Bertz CT molecular complexity index is 615. The molecule has 4 rings (SSSR count). The van der Waals surface area contributed by atoms with E-state index in [0.29, 0.717) is 5.25 Å². The standard InChI is InChI=1S/C17H17NOS/c1-2-7-14(8-3-1)16-12-19-17(20-16)11-10-13-6-4-5-9-15(13)18-17/h1-9,16,18H,10-12H2/t16-,17?/m0/s1. The number of fused-ring (bicyclic) bond motifs is 1. The highest BCUT2D eigenvalue weighted by atomic mass is 32.2. The molecule has 2 aromatic carbocycles. The lowest BCUT2D eigenvalue weighted by molar-refractivity contribution is 0.0574. The third-order valence-electron chi connectivity index (χ3n) is 4.04. The van der Waals surface area contributed by atoms with Crippen LogP contribution in [0.2, 0.25) is 0 Å². The lowest BCUT2D eigenvalue weighted by atomic mass is 10.0. The number of ether oxygens (including phenoxy) is 1. The van der Waals surface area contributed by atoms with Crippen LogP contribution in [-0.2, 0) is 11.2 Å². The predicted octanol–water partition coefficient (Wildman–Crippen LogP) is 4.20. The van der Waals surface area contributed by atoms with Crippen molar-refractivity contribution in [2.24, 2.45) is 0 Å². The van der Waals surface area contributed by atoms with Crippen molar-refractivity contribution in [3.63, 3.8) is 0 Å². The average Bonchev–Trinajstić information content (AvgIpc) is 2.92. The summed E-state index contributed by atoms with van der Waals surface area (Å²) in [4.78, 5) is 0. The summed E-state index contributed by atoms with van der Waals surface area (Å²) in [7, 11) is 0. The van der Waals surface area contributed by atoms with Crippen molar-refractivity contribution >= 4 is 17.4 Å². The quantitative estimate of drug-likeness (QED) is 0.847. The molecule has 0 aliphatic carbocycles. The van der Waals surface area contributed by atoms with E-state index >= 15 is 0 Å². The minimum Gasteiger partial charge on any atom is -0.349 e. The molecule has 2 aromatic rings. The Morgan fingerprint density at radius 1 is 1.05 bits per heavy atom. The van der Waals surface area contributed by atoms with E-state index in [1.807, 2.05) is 11.8 Å². The molecule has 3 heteroatoms. The Hall–Kier alpha value is -1.45. The molecular weight excluding hydrogens is 266 g/mol. The Morgan fingerprint density at radius 2 is 1.85 bits per heavy atom.